The molecule has 1 heterocycles. The van der Waals surface area contributed by atoms with E-state index in [-0.39, 0.29) is 33.7 Å². The first-order chi connectivity index (χ1) is 13.6. The lowest BCUT2D eigenvalue weighted by Gasteiger charge is -2.17. The molecule has 1 aromatic heterocycles. The molecular formula is C19H16ClF3N2O3S. The molecule has 0 amide bonds. The Balaban J connectivity index is 2.02. The Hall–Kier alpha value is -2.36. The first-order valence-corrected chi connectivity index (χ1v) is 10.6. The highest BCUT2D eigenvalue weighted by atomic mass is 35.5. The summed E-state index contributed by atoms with van der Waals surface area (Å²) in [5.74, 6) is -2.64. The molecule has 0 bridgehead atoms. The number of aromatic nitrogens is 2. The fraction of sp³-hybridized carbons (Fsp3) is 0.211. The van der Waals surface area contributed by atoms with E-state index in [1.165, 1.54) is 31.2 Å². The summed E-state index contributed by atoms with van der Waals surface area (Å²) in [4.78, 5) is 6.92. The minimum absolute atomic E-state index is 0.0465. The zero-order chi connectivity index (χ0) is 21.3. The van der Waals surface area contributed by atoms with Gasteiger partial charge in [0, 0.05) is 11.8 Å². The summed E-state index contributed by atoms with van der Waals surface area (Å²) >= 11 is 5.85. The Bertz CT molecular complexity index is 1170. The molecule has 0 radical (unpaired) electrons. The van der Waals surface area contributed by atoms with Crippen LogP contribution in [0, 0.1) is 24.4 Å². The van der Waals surface area contributed by atoms with E-state index in [2.05, 4.69) is 9.97 Å². The number of aromatic amines is 1. The number of aryl methyl sites for hydroxylation is 1. The number of ether oxygens (including phenoxy) is 1. The zero-order valence-electron chi connectivity index (χ0n) is 15.3. The van der Waals surface area contributed by atoms with E-state index in [9.17, 15) is 21.6 Å². The van der Waals surface area contributed by atoms with Crippen molar-refractivity contribution in [3.63, 3.8) is 0 Å². The van der Waals surface area contributed by atoms with Crippen molar-refractivity contribution in [3.8, 4) is 0 Å². The van der Waals surface area contributed by atoms with Gasteiger partial charge in [0.1, 0.15) is 17.7 Å². The number of sulfone groups is 1. The third-order valence-corrected chi connectivity index (χ3v) is 5.53. The number of nitrogens with one attached hydrogen (secondary N) is 1. The molecule has 1 N–H and O–H groups in total. The number of hydrogen-bond acceptors (Lipinski definition) is 4. The van der Waals surface area contributed by atoms with Crippen LogP contribution in [0.1, 0.15) is 28.7 Å². The molecule has 0 aliphatic heterocycles. The SMILES string of the molecule is Cc1[nH]c([C@@H](OCc2cccc(F)c2F)c2ccc(F)c(Cl)c2)nc1S(C)(=O)=O. The Morgan fingerprint density at radius 1 is 1.17 bits per heavy atom. The predicted octanol–water partition coefficient (Wildman–Crippen LogP) is 4.50. The molecule has 3 aromatic rings. The first kappa shape index (κ1) is 21.4. The molecule has 3 rings (SSSR count). The van der Waals surface area contributed by atoms with Gasteiger partial charge in [0.25, 0.3) is 0 Å². The number of H-pyrrole nitrogens is 1. The second kappa shape index (κ2) is 8.17. The molecule has 0 saturated heterocycles. The average molecular weight is 445 g/mol. The topological polar surface area (TPSA) is 72.0 Å². The van der Waals surface area contributed by atoms with Crippen LogP contribution in [0.2, 0.25) is 5.02 Å². The number of halogens is 4. The molecule has 0 saturated carbocycles. The van der Waals surface area contributed by atoms with Crippen molar-refractivity contribution >= 4 is 21.4 Å². The van der Waals surface area contributed by atoms with Crippen molar-refractivity contribution in [3.05, 3.63) is 81.5 Å². The van der Waals surface area contributed by atoms with Gasteiger partial charge in [-0.25, -0.2) is 26.6 Å². The van der Waals surface area contributed by atoms with Gasteiger partial charge < -0.3 is 9.72 Å². The summed E-state index contributed by atoms with van der Waals surface area (Å²) < 4.78 is 70.5. The molecule has 10 heteroatoms. The molecule has 2 aromatic carbocycles. The van der Waals surface area contributed by atoms with Gasteiger partial charge in [-0.2, -0.15) is 0 Å². The summed E-state index contributed by atoms with van der Waals surface area (Å²) in [7, 11) is -3.62. The van der Waals surface area contributed by atoms with E-state index in [4.69, 9.17) is 16.3 Å². The van der Waals surface area contributed by atoms with Gasteiger partial charge in [-0.3, -0.25) is 0 Å². The third-order valence-electron chi connectivity index (χ3n) is 4.14. The lowest BCUT2D eigenvalue weighted by atomic mass is 10.1. The molecule has 5 nitrogen and oxygen atoms in total. The maximum absolute atomic E-state index is 14.0. The smallest absolute Gasteiger partial charge is 0.194 e. The van der Waals surface area contributed by atoms with E-state index in [0.717, 1.165) is 18.4 Å². The van der Waals surface area contributed by atoms with Crippen molar-refractivity contribution in [2.45, 2.75) is 24.7 Å². The molecular weight excluding hydrogens is 429 g/mol. The Labute approximate surface area is 170 Å². The highest BCUT2D eigenvalue weighted by Gasteiger charge is 2.25. The lowest BCUT2D eigenvalue weighted by Crippen LogP contribution is -2.10. The number of benzene rings is 2. The van der Waals surface area contributed by atoms with Gasteiger partial charge in [0.2, 0.25) is 0 Å². The van der Waals surface area contributed by atoms with E-state index < -0.39 is 33.4 Å². The largest absolute Gasteiger partial charge is 0.361 e. The van der Waals surface area contributed by atoms with Crippen LogP contribution in [0.15, 0.2) is 41.4 Å². The minimum atomic E-state index is -3.62. The molecule has 29 heavy (non-hydrogen) atoms. The van der Waals surface area contributed by atoms with Crippen molar-refractivity contribution in [2.24, 2.45) is 0 Å². The molecule has 0 aliphatic carbocycles. The minimum Gasteiger partial charge on any atom is -0.361 e. The van der Waals surface area contributed by atoms with Crippen LogP contribution in [0.3, 0.4) is 0 Å². The fourth-order valence-corrected chi connectivity index (χ4v) is 3.85. The lowest BCUT2D eigenvalue weighted by molar-refractivity contribution is 0.0592. The van der Waals surface area contributed by atoms with Crippen molar-refractivity contribution in [1.82, 2.24) is 9.97 Å². The summed E-state index contributed by atoms with van der Waals surface area (Å²) in [5, 5.41) is -0.356. The van der Waals surface area contributed by atoms with Crippen LogP contribution in [0.25, 0.3) is 0 Å². The van der Waals surface area contributed by atoms with Gasteiger partial charge in [-0.15, -0.1) is 0 Å². The zero-order valence-corrected chi connectivity index (χ0v) is 16.9. The number of imidazole rings is 1. The van der Waals surface area contributed by atoms with Crippen LogP contribution in [-0.2, 0) is 21.2 Å². The summed E-state index contributed by atoms with van der Waals surface area (Å²) in [6.45, 7) is 1.17. The van der Waals surface area contributed by atoms with Gasteiger partial charge in [-0.05, 0) is 30.7 Å². The fourth-order valence-electron chi connectivity index (χ4n) is 2.79. The van der Waals surface area contributed by atoms with Crippen LogP contribution in [0.4, 0.5) is 13.2 Å². The Morgan fingerprint density at radius 2 is 1.90 bits per heavy atom. The number of nitrogens with zero attached hydrogens (tertiary/aromatic N) is 1. The molecule has 0 unspecified atom stereocenters. The van der Waals surface area contributed by atoms with E-state index in [1.54, 1.807) is 0 Å². The maximum atomic E-state index is 14.0. The van der Waals surface area contributed by atoms with Gasteiger partial charge >= 0.3 is 0 Å². The van der Waals surface area contributed by atoms with Crippen LogP contribution < -0.4 is 0 Å². The van der Waals surface area contributed by atoms with Gasteiger partial charge in [0.15, 0.2) is 26.5 Å². The Kier molecular flexibility index (Phi) is 6.02. The molecule has 1 atom stereocenters. The van der Waals surface area contributed by atoms with Crippen LogP contribution >= 0.6 is 11.6 Å². The van der Waals surface area contributed by atoms with Gasteiger partial charge in [-0.1, -0.05) is 29.8 Å². The predicted molar refractivity (Wildman–Crippen MR) is 101 cm³/mol. The van der Waals surface area contributed by atoms with Crippen LogP contribution in [0.5, 0.6) is 0 Å². The molecule has 0 fully saturated rings. The highest BCUT2D eigenvalue weighted by Crippen LogP contribution is 2.30. The standard InChI is InChI=1S/C19H16ClF3N2O3S/c1-10-19(29(2,26)27)25-18(24-10)17(11-6-7-14(21)13(20)8-11)28-9-12-4-3-5-15(22)16(12)23/h3-8,17H,9H2,1-2H3,(H,24,25)/t17-/m0/s1. The van der Waals surface area contributed by atoms with E-state index in [1.807, 2.05) is 0 Å². The van der Waals surface area contributed by atoms with Crippen molar-refractivity contribution in [1.29, 1.82) is 0 Å². The Morgan fingerprint density at radius 3 is 2.52 bits per heavy atom. The molecule has 0 aliphatic rings. The van der Waals surface area contributed by atoms with Gasteiger partial charge in [0.05, 0.1) is 17.3 Å². The average Bonchev–Trinajstić information content (AvgIpc) is 3.03. The second-order valence-corrected chi connectivity index (χ2v) is 8.74. The summed E-state index contributed by atoms with van der Waals surface area (Å²) in [6.07, 6.45) is -0.0304. The third kappa shape index (κ3) is 4.63. The number of rotatable bonds is 6. The molecule has 154 valence electrons. The van der Waals surface area contributed by atoms with Crippen molar-refractivity contribution < 1.29 is 26.3 Å². The number of hydrogen-bond donors (Lipinski definition) is 1. The second-order valence-electron chi connectivity index (χ2n) is 6.40. The van der Waals surface area contributed by atoms with E-state index in [0.29, 0.717) is 5.56 Å². The first-order valence-electron chi connectivity index (χ1n) is 8.34. The summed E-state index contributed by atoms with van der Waals surface area (Å²) in [5.41, 5.74) is 0.582. The van der Waals surface area contributed by atoms with Crippen molar-refractivity contribution in [2.75, 3.05) is 6.26 Å². The normalized spacial score (nSPS) is 12.9. The van der Waals surface area contributed by atoms with Crippen LogP contribution in [-0.4, -0.2) is 24.6 Å². The quantitative estimate of drug-likeness (QED) is 0.607. The van der Waals surface area contributed by atoms with E-state index >= 15 is 0 Å². The molecule has 0 spiro atoms. The summed E-state index contributed by atoms with van der Waals surface area (Å²) in [6, 6.07) is 7.45. The maximum Gasteiger partial charge on any atom is 0.194 e. The monoisotopic (exact) mass is 444 g/mol. The highest BCUT2D eigenvalue weighted by molar-refractivity contribution is 7.90.